The molecule has 2 N–H and O–H groups in total. The first kappa shape index (κ1) is 19.7. The van der Waals surface area contributed by atoms with Gasteiger partial charge in [0.15, 0.2) is 0 Å². The molecule has 2 rings (SSSR count). The Hall–Kier alpha value is -3.61. The number of methoxy groups -OCH3 is 1. The molecule has 7 nitrogen and oxygen atoms in total. The van der Waals surface area contributed by atoms with Crippen LogP contribution < -0.4 is 20.2 Å². The van der Waals surface area contributed by atoms with E-state index in [-0.39, 0.29) is 12.5 Å². The first-order valence-corrected chi connectivity index (χ1v) is 8.20. The second-order valence-electron chi connectivity index (χ2n) is 5.38. The summed E-state index contributed by atoms with van der Waals surface area (Å²) in [4.78, 5) is 23.8. The SMILES string of the molecule is C=CCOc1cccc(/C=N/NC(=O)CNC(=O)c2ccc(OC)cc2)c1. The third-order valence-electron chi connectivity index (χ3n) is 3.39. The lowest BCUT2D eigenvalue weighted by molar-refractivity contribution is -0.120. The summed E-state index contributed by atoms with van der Waals surface area (Å²) in [7, 11) is 1.55. The van der Waals surface area contributed by atoms with E-state index in [1.807, 2.05) is 18.2 Å². The Kier molecular flexibility index (Phi) is 7.59. The van der Waals surface area contributed by atoms with Gasteiger partial charge in [0.05, 0.1) is 19.9 Å². The van der Waals surface area contributed by atoms with Gasteiger partial charge in [-0.15, -0.1) is 0 Å². The minimum atomic E-state index is -0.438. The van der Waals surface area contributed by atoms with Crippen molar-refractivity contribution in [3.63, 3.8) is 0 Å². The third kappa shape index (κ3) is 6.66. The Morgan fingerprint density at radius 3 is 2.63 bits per heavy atom. The molecule has 0 saturated heterocycles. The smallest absolute Gasteiger partial charge is 0.259 e. The van der Waals surface area contributed by atoms with Crippen molar-refractivity contribution in [2.45, 2.75) is 0 Å². The number of hydrazone groups is 1. The summed E-state index contributed by atoms with van der Waals surface area (Å²) in [5.41, 5.74) is 3.55. The molecular formula is C20H21N3O4. The van der Waals surface area contributed by atoms with Crippen molar-refractivity contribution < 1.29 is 19.1 Å². The molecule has 2 amide bonds. The van der Waals surface area contributed by atoms with Crippen molar-refractivity contribution in [1.29, 1.82) is 0 Å². The van der Waals surface area contributed by atoms with E-state index in [0.717, 1.165) is 5.56 Å². The van der Waals surface area contributed by atoms with Crippen molar-refractivity contribution >= 4 is 18.0 Å². The summed E-state index contributed by atoms with van der Waals surface area (Å²) in [5.74, 6) is 0.533. The van der Waals surface area contributed by atoms with Crippen molar-refractivity contribution in [2.24, 2.45) is 5.10 Å². The van der Waals surface area contributed by atoms with E-state index in [4.69, 9.17) is 9.47 Å². The zero-order valence-electron chi connectivity index (χ0n) is 15.0. The third-order valence-corrected chi connectivity index (χ3v) is 3.39. The molecule has 0 saturated carbocycles. The number of hydrogen-bond acceptors (Lipinski definition) is 5. The van der Waals surface area contributed by atoms with Crippen LogP contribution in [0.1, 0.15) is 15.9 Å². The predicted octanol–water partition coefficient (Wildman–Crippen LogP) is 2.14. The second-order valence-corrected chi connectivity index (χ2v) is 5.38. The number of benzene rings is 2. The summed E-state index contributed by atoms with van der Waals surface area (Å²) < 4.78 is 10.5. The fourth-order valence-corrected chi connectivity index (χ4v) is 2.06. The summed E-state index contributed by atoms with van der Waals surface area (Å²) in [6.07, 6.45) is 3.14. The van der Waals surface area contributed by atoms with E-state index >= 15 is 0 Å². The van der Waals surface area contributed by atoms with Crippen molar-refractivity contribution in [1.82, 2.24) is 10.7 Å². The molecule has 2 aromatic rings. The van der Waals surface area contributed by atoms with Crippen LogP contribution in [0.4, 0.5) is 0 Å². The number of hydrogen-bond donors (Lipinski definition) is 2. The molecule has 2 aromatic carbocycles. The number of carbonyl (C=O) groups excluding carboxylic acids is 2. The molecule has 0 bridgehead atoms. The van der Waals surface area contributed by atoms with Gasteiger partial charge in [0.1, 0.15) is 18.1 Å². The molecular weight excluding hydrogens is 346 g/mol. The van der Waals surface area contributed by atoms with E-state index < -0.39 is 5.91 Å². The summed E-state index contributed by atoms with van der Waals surface area (Å²) >= 11 is 0. The van der Waals surface area contributed by atoms with Crippen molar-refractivity contribution in [2.75, 3.05) is 20.3 Å². The fourth-order valence-electron chi connectivity index (χ4n) is 2.06. The van der Waals surface area contributed by atoms with Crippen LogP contribution in [-0.2, 0) is 4.79 Å². The summed E-state index contributed by atoms with van der Waals surface area (Å²) in [5, 5.41) is 6.39. The van der Waals surface area contributed by atoms with E-state index in [9.17, 15) is 9.59 Å². The highest BCUT2D eigenvalue weighted by Crippen LogP contribution is 2.12. The maximum absolute atomic E-state index is 12.0. The molecule has 140 valence electrons. The quantitative estimate of drug-likeness (QED) is 0.404. The number of nitrogens with zero attached hydrogens (tertiary/aromatic N) is 1. The van der Waals surface area contributed by atoms with Gasteiger partial charge in [-0.3, -0.25) is 9.59 Å². The standard InChI is InChI=1S/C20H21N3O4/c1-3-11-27-18-6-4-5-15(12-18)13-22-23-19(24)14-21-20(25)16-7-9-17(26-2)10-8-16/h3-10,12-13H,1,11,14H2,2H3,(H,21,25)(H,23,24)/b22-13+. The maximum Gasteiger partial charge on any atom is 0.259 e. The van der Waals surface area contributed by atoms with Crippen LogP contribution in [0.25, 0.3) is 0 Å². The van der Waals surface area contributed by atoms with Crippen LogP contribution in [0.2, 0.25) is 0 Å². The molecule has 0 radical (unpaired) electrons. The molecule has 0 aliphatic carbocycles. The van der Waals surface area contributed by atoms with Crippen LogP contribution in [0.15, 0.2) is 66.3 Å². The fraction of sp³-hybridized carbons (Fsp3) is 0.150. The van der Waals surface area contributed by atoms with Gasteiger partial charge in [-0.25, -0.2) is 5.43 Å². The summed E-state index contributed by atoms with van der Waals surface area (Å²) in [6.45, 7) is 3.81. The van der Waals surface area contributed by atoms with E-state index in [1.165, 1.54) is 6.21 Å². The monoisotopic (exact) mass is 367 g/mol. The molecule has 0 fully saturated rings. The Morgan fingerprint density at radius 2 is 1.93 bits per heavy atom. The number of amides is 2. The Labute approximate surface area is 157 Å². The zero-order chi connectivity index (χ0) is 19.5. The van der Waals surface area contributed by atoms with Gasteiger partial charge < -0.3 is 14.8 Å². The van der Waals surface area contributed by atoms with E-state index in [1.54, 1.807) is 43.5 Å². The topological polar surface area (TPSA) is 89.0 Å². The Morgan fingerprint density at radius 1 is 1.15 bits per heavy atom. The van der Waals surface area contributed by atoms with Crippen LogP contribution in [0, 0.1) is 0 Å². The minimum Gasteiger partial charge on any atom is -0.497 e. The van der Waals surface area contributed by atoms with E-state index in [2.05, 4.69) is 22.4 Å². The van der Waals surface area contributed by atoms with Gasteiger partial charge in [0.25, 0.3) is 11.8 Å². The lowest BCUT2D eigenvalue weighted by atomic mass is 10.2. The highest BCUT2D eigenvalue weighted by Gasteiger charge is 2.07. The molecule has 0 aliphatic heterocycles. The van der Waals surface area contributed by atoms with E-state index in [0.29, 0.717) is 23.7 Å². The molecule has 7 heteroatoms. The molecule has 27 heavy (non-hydrogen) atoms. The minimum absolute atomic E-state index is 0.190. The number of rotatable bonds is 9. The number of carbonyl (C=O) groups is 2. The molecule has 0 aromatic heterocycles. The zero-order valence-corrected chi connectivity index (χ0v) is 15.0. The highest BCUT2D eigenvalue weighted by molar-refractivity contribution is 5.96. The van der Waals surface area contributed by atoms with Gasteiger partial charge >= 0.3 is 0 Å². The van der Waals surface area contributed by atoms with Crippen LogP contribution >= 0.6 is 0 Å². The first-order valence-electron chi connectivity index (χ1n) is 8.20. The first-order chi connectivity index (χ1) is 13.1. The van der Waals surface area contributed by atoms with Crippen molar-refractivity contribution in [3.8, 4) is 11.5 Å². The average Bonchev–Trinajstić information content (AvgIpc) is 2.71. The summed E-state index contributed by atoms with van der Waals surface area (Å²) in [6, 6.07) is 13.8. The average molecular weight is 367 g/mol. The van der Waals surface area contributed by atoms with Gasteiger partial charge in [-0.05, 0) is 42.0 Å². The second kappa shape index (κ2) is 10.4. The molecule has 0 atom stereocenters. The molecule has 0 unspecified atom stereocenters. The molecule has 0 aliphatic rings. The van der Waals surface area contributed by atoms with Crippen LogP contribution in [0.3, 0.4) is 0 Å². The largest absolute Gasteiger partial charge is 0.497 e. The van der Waals surface area contributed by atoms with Crippen LogP contribution in [-0.4, -0.2) is 38.3 Å². The maximum atomic E-state index is 12.0. The molecule has 0 spiro atoms. The number of ether oxygens (including phenoxy) is 2. The Balaban J connectivity index is 1.79. The normalized spacial score (nSPS) is 10.3. The van der Waals surface area contributed by atoms with Crippen molar-refractivity contribution in [3.05, 3.63) is 72.3 Å². The van der Waals surface area contributed by atoms with Gasteiger partial charge in [-0.2, -0.15) is 5.10 Å². The Bertz CT molecular complexity index is 816. The lowest BCUT2D eigenvalue weighted by Crippen LogP contribution is -2.34. The van der Waals surface area contributed by atoms with Crippen LogP contribution in [0.5, 0.6) is 11.5 Å². The molecule has 0 heterocycles. The van der Waals surface area contributed by atoms with Gasteiger partial charge in [0, 0.05) is 5.56 Å². The van der Waals surface area contributed by atoms with Gasteiger partial charge in [0.2, 0.25) is 0 Å². The number of nitrogens with one attached hydrogen (secondary N) is 2. The predicted molar refractivity (Wildman–Crippen MR) is 103 cm³/mol. The van der Waals surface area contributed by atoms with Gasteiger partial charge in [-0.1, -0.05) is 24.8 Å². The lowest BCUT2D eigenvalue weighted by Gasteiger charge is -2.05. The highest BCUT2D eigenvalue weighted by atomic mass is 16.5.